The van der Waals surface area contributed by atoms with Crippen molar-refractivity contribution in [3.63, 3.8) is 0 Å². The van der Waals surface area contributed by atoms with Gasteiger partial charge >= 0.3 is 5.97 Å². The lowest BCUT2D eigenvalue weighted by Crippen LogP contribution is -2.57. The molecule has 6 heterocycles. The van der Waals surface area contributed by atoms with Gasteiger partial charge in [-0.05, 0) is 30.9 Å². The zero-order valence-electron chi connectivity index (χ0n) is 21.1. The first-order chi connectivity index (χ1) is 18.9. The summed E-state index contributed by atoms with van der Waals surface area (Å²) in [6.45, 7) is 3.93. The lowest BCUT2D eigenvalue weighted by atomic mass is 9.91. The number of esters is 1. The van der Waals surface area contributed by atoms with Crippen LogP contribution in [-0.2, 0) is 4.74 Å². The number of hydrogen-bond donors (Lipinski definition) is 3. The molecule has 4 aromatic rings. The predicted octanol–water partition coefficient (Wildman–Crippen LogP) is 1.19. The molecule has 6 rings (SSSR count). The predicted molar refractivity (Wildman–Crippen MR) is 142 cm³/mol. The number of carbonyl (C=O) groups is 1. The van der Waals surface area contributed by atoms with Gasteiger partial charge in [-0.25, -0.2) is 4.79 Å². The Kier molecular flexibility index (Phi) is 6.52. The average molecular weight is 555 g/mol. The Morgan fingerprint density at radius 1 is 1.18 bits per heavy atom. The number of methoxy groups -OCH3 is 1. The minimum Gasteiger partial charge on any atom is -0.465 e. The van der Waals surface area contributed by atoms with Crippen LogP contribution in [0.4, 0.5) is 23.7 Å². The lowest BCUT2D eigenvalue weighted by Gasteiger charge is -2.46. The minimum atomic E-state index is -0.658. The molecular weight excluding hydrogens is 528 g/mol. The highest BCUT2D eigenvalue weighted by molar-refractivity contribution is 6.33. The van der Waals surface area contributed by atoms with E-state index < -0.39 is 5.97 Å². The fourth-order valence-electron chi connectivity index (χ4n) is 5.11. The van der Waals surface area contributed by atoms with Gasteiger partial charge in [-0.2, -0.15) is 29.4 Å². The maximum absolute atomic E-state index is 11.9. The Bertz CT molecular complexity index is 1490. The molecule has 39 heavy (non-hydrogen) atoms. The number of nitrogens with one attached hydrogen (secondary N) is 1. The number of furan rings is 1. The molecule has 0 bridgehead atoms. The molecule has 16 heteroatoms. The van der Waals surface area contributed by atoms with Crippen molar-refractivity contribution in [1.29, 1.82) is 0 Å². The van der Waals surface area contributed by atoms with E-state index in [-0.39, 0.29) is 22.5 Å². The number of nitrogens with two attached hydrogens (primary N) is 2. The molecule has 0 spiro atoms. The molecule has 0 aromatic carbocycles. The molecule has 15 nitrogen and oxygen atoms in total. The summed E-state index contributed by atoms with van der Waals surface area (Å²) in [5.74, 6) is 2.05. The van der Waals surface area contributed by atoms with Crippen molar-refractivity contribution < 1.29 is 13.9 Å². The summed E-state index contributed by atoms with van der Waals surface area (Å²) >= 11 is 6.23. The van der Waals surface area contributed by atoms with E-state index in [0.29, 0.717) is 54.3 Å². The molecule has 2 aliphatic heterocycles. The van der Waals surface area contributed by atoms with Gasteiger partial charge in [0.2, 0.25) is 23.7 Å². The number of halogens is 1. The van der Waals surface area contributed by atoms with Gasteiger partial charge in [0.15, 0.2) is 10.9 Å². The summed E-state index contributed by atoms with van der Waals surface area (Å²) in [7, 11) is 1.26. The summed E-state index contributed by atoms with van der Waals surface area (Å²) in [6.07, 6.45) is 3.59. The van der Waals surface area contributed by atoms with Crippen LogP contribution in [0.1, 0.15) is 23.2 Å². The van der Waals surface area contributed by atoms with Gasteiger partial charge in [-0.3, -0.25) is 4.90 Å². The molecule has 0 saturated carbocycles. The summed E-state index contributed by atoms with van der Waals surface area (Å²) in [4.78, 5) is 38.3. The van der Waals surface area contributed by atoms with Crippen LogP contribution in [0.5, 0.6) is 0 Å². The molecule has 2 fully saturated rings. The van der Waals surface area contributed by atoms with E-state index in [1.165, 1.54) is 11.6 Å². The van der Waals surface area contributed by atoms with E-state index in [4.69, 9.17) is 32.2 Å². The van der Waals surface area contributed by atoms with E-state index >= 15 is 0 Å². The second-order valence-corrected chi connectivity index (χ2v) is 9.87. The molecule has 0 unspecified atom stereocenters. The second kappa shape index (κ2) is 10.1. The van der Waals surface area contributed by atoms with Gasteiger partial charge in [-0.15, -0.1) is 5.10 Å². The highest BCUT2D eigenvalue weighted by Crippen LogP contribution is 2.29. The van der Waals surface area contributed by atoms with E-state index in [9.17, 15) is 4.79 Å². The topological polar surface area (TPSA) is 192 Å². The van der Waals surface area contributed by atoms with Crippen LogP contribution in [0.2, 0.25) is 5.15 Å². The van der Waals surface area contributed by atoms with Gasteiger partial charge < -0.3 is 30.8 Å². The minimum absolute atomic E-state index is 0.00840. The van der Waals surface area contributed by atoms with Gasteiger partial charge in [0.25, 0.3) is 5.78 Å². The molecule has 2 saturated heterocycles. The largest absolute Gasteiger partial charge is 0.465 e. The summed E-state index contributed by atoms with van der Waals surface area (Å²) < 4.78 is 11.5. The average Bonchev–Trinajstić information content (AvgIpc) is 3.61. The highest BCUT2D eigenvalue weighted by atomic mass is 35.5. The van der Waals surface area contributed by atoms with Crippen LogP contribution in [0.3, 0.4) is 0 Å². The SMILES string of the molecule is COC(=O)c1c(N)nc(N2CCN3C[C@H](CNc4nc(N)n5nc(-c6ccco6)nc5n4)CC[C@H]3C2)nc1Cl. The van der Waals surface area contributed by atoms with E-state index in [1.807, 2.05) is 0 Å². The number of rotatable bonds is 6. The van der Waals surface area contributed by atoms with E-state index in [1.54, 1.807) is 18.4 Å². The zero-order chi connectivity index (χ0) is 27.1. The number of aromatic nitrogens is 7. The number of nitrogen functional groups attached to an aromatic ring is 2. The molecule has 2 atom stereocenters. The van der Waals surface area contributed by atoms with Crippen molar-refractivity contribution in [3.8, 4) is 11.6 Å². The van der Waals surface area contributed by atoms with Crippen LogP contribution in [0.15, 0.2) is 22.8 Å². The first kappa shape index (κ1) is 25.1. The standard InChI is InChI=1S/C23H27ClN12O3/c1-38-19(37)15-16(24)28-22(29-17(15)25)35-7-6-34-10-12(4-5-13(34)11-35)9-27-21-31-20(26)36-23(32-21)30-18(33-36)14-3-2-8-39-14/h2-3,8,12-13H,4-7,9-11H2,1H3,(H2,25,28,29)(H3,26,27,30,31,32,33)/t12-,13-/m0/s1. The van der Waals surface area contributed by atoms with Crippen LogP contribution >= 0.6 is 11.6 Å². The Morgan fingerprint density at radius 2 is 2.05 bits per heavy atom. The molecular formula is C23H27ClN12O3. The Balaban J connectivity index is 1.07. The quantitative estimate of drug-likeness (QED) is 0.227. The van der Waals surface area contributed by atoms with E-state index in [0.717, 1.165) is 32.5 Å². The zero-order valence-corrected chi connectivity index (χ0v) is 21.9. The monoisotopic (exact) mass is 554 g/mol. The summed E-state index contributed by atoms with van der Waals surface area (Å²) in [5.41, 5.74) is 12.1. The fraction of sp³-hybridized carbons (Fsp3) is 0.435. The molecule has 5 N–H and O–H groups in total. The maximum Gasteiger partial charge on any atom is 0.344 e. The second-order valence-electron chi connectivity index (χ2n) is 9.52. The number of piperazine rings is 1. The molecule has 4 aromatic heterocycles. The van der Waals surface area contributed by atoms with Crippen LogP contribution in [-0.4, -0.2) is 91.3 Å². The normalized spacial score (nSPS) is 19.7. The van der Waals surface area contributed by atoms with Gasteiger partial charge in [-0.1, -0.05) is 11.6 Å². The Hall–Kier alpha value is -4.24. The smallest absolute Gasteiger partial charge is 0.344 e. The van der Waals surface area contributed by atoms with Crippen LogP contribution in [0, 0.1) is 5.92 Å². The van der Waals surface area contributed by atoms with Crippen LogP contribution < -0.4 is 21.7 Å². The maximum atomic E-state index is 11.9. The fourth-order valence-corrected chi connectivity index (χ4v) is 5.36. The molecule has 2 aliphatic rings. The molecule has 204 valence electrons. The number of nitrogens with zero attached hydrogens (tertiary/aromatic N) is 9. The van der Waals surface area contributed by atoms with Crippen molar-refractivity contribution in [3.05, 3.63) is 29.1 Å². The Morgan fingerprint density at radius 3 is 2.82 bits per heavy atom. The highest BCUT2D eigenvalue weighted by Gasteiger charge is 2.34. The van der Waals surface area contributed by atoms with Crippen molar-refractivity contribution >= 4 is 47.0 Å². The third kappa shape index (κ3) is 4.85. The number of carbonyl (C=O) groups excluding carboxylic acids is 1. The molecule has 0 amide bonds. The van der Waals surface area contributed by atoms with Crippen molar-refractivity contribution in [2.45, 2.75) is 18.9 Å². The third-order valence-corrected chi connectivity index (χ3v) is 7.36. The van der Waals surface area contributed by atoms with Crippen molar-refractivity contribution in [2.24, 2.45) is 5.92 Å². The lowest BCUT2D eigenvalue weighted by molar-refractivity contribution is 0.0601. The first-order valence-electron chi connectivity index (χ1n) is 12.5. The van der Waals surface area contributed by atoms with Crippen LogP contribution in [0.25, 0.3) is 17.4 Å². The number of piperidine rings is 1. The first-order valence-corrected chi connectivity index (χ1v) is 12.9. The van der Waals surface area contributed by atoms with Crippen molar-refractivity contribution in [1.82, 2.24) is 39.4 Å². The van der Waals surface area contributed by atoms with Gasteiger partial charge in [0.1, 0.15) is 11.4 Å². The summed E-state index contributed by atoms with van der Waals surface area (Å²) in [6, 6.07) is 3.88. The van der Waals surface area contributed by atoms with Gasteiger partial charge in [0, 0.05) is 38.8 Å². The molecule has 0 aliphatic carbocycles. The summed E-state index contributed by atoms with van der Waals surface area (Å²) in [5, 5.41) is 7.64. The van der Waals surface area contributed by atoms with Crippen molar-refractivity contribution in [2.75, 3.05) is 61.5 Å². The Labute approximate surface area is 227 Å². The number of hydrogen-bond acceptors (Lipinski definition) is 14. The van der Waals surface area contributed by atoms with E-state index in [2.05, 4.69) is 45.1 Å². The third-order valence-electron chi connectivity index (χ3n) is 7.08. The number of ether oxygens (including phenoxy) is 1. The molecule has 0 radical (unpaired) electrons. The number of anilines is 4. The van der Waals surface area contributed by atoms with Gasteiger partial charge in [0.05, 0.1) is 13.4 Å². The number of fused-ring (bicyclic) bond motifs is 2.